The minimum atomic E-state index is -4.51. The number of amides is 1. The number of ether oxygens (including phenoxy) is 1. The smallest absolute Gasteiger partial charge is 0.422 e. The molecule has 0 fully saturated rings. The van der Waals surface area contributed by atoms with Crippen LogP contribution in [0.15, 0.2) is 41.3 Å². The van der Waals surface area contributed by atoms with Crippen LogP contribution in [0.2, 0.25) is 0 Å². The third-order valence-corrected chi connectivity index (χ3v) is 5.68. The number of benzene rings is 1. The van der Waals surface area contributed by atoms with E-state index in [2.05, 4.69) is 4.74 Å². The number of nitrogens with zero attached hydrogens (tertiary/aromatic N) is 1. The molecule has 13 heteroatoms. The molecule has 0 aliphatic heterocycles. The maximum Gasteiger partial charge on any atom is 0.422 e. The van der Waals surface area contributed by atoms with Gasteiger partial charge in [0.2, 0.25) is 0 Å². The van der Waals surface area contributed by atoms with E-state index in [9.17, 15) is 35.6 Å². The van der Waals surface area contributed by atoms with E-state index >= 15 is 0 Å². The summed E-state index contributed by atoms with van der Waals surface area (Å²) in [5, 5.41) is 7.02. The molecule has 31 heavy (non-hydrogen) atoms. The number of aromatic nitrogens is 1. The maximum absolute atomic E-state index is 14.5. The molecule has 1 heterocycles. The van der Waals surface area contributed by atoms with Gasteiger partial charge in [-0.25, -0.2) is 18.3 Å². The van der Waals surface area contributed by atoms with Gasteiger partial charge in [-0.15, -0.1) is 0 Å². The second-order valence-electron chi connectivity index (χ2n) is 6.58. The first-order valence-corrected chi connectivity index (χ1v) is 10.6. The molecular weight excluding hydrogens is 448 g/mol. The number of nitrogens with one attached hydrogen (secondary N) is 1. The number of sulfone groups is 1. The van der Waals surface area contributed by atoms with Crippen molar-refractivity contribution in [1.29, 1.82) is 0 Å². The highest BCUT2D eigenvalue weighted by Gasteiger charge is 2.29. The molecule has 0 spiro atoms. The van der Waals surface area contributed by atoms with Crippen LogP contribution in [0.3, 0.4) is 0 Å². The fraction of sp³-hybridized carbons (Fsp3) is 0.333. The Bertz CT molecular complexity index is 1100. The van der Waals surface area contributed by atoms with Crippen LogP contribution in [0, 0.1) is 5.82 Å². The Morgan fingerprint density at radius 1 is 1.26 bits per heavy atom. The predicted octanol–water partition coefficient (Wildman–Crippen LogP) is 1.90. The van der Waals surface area contributed by atoms with Crippen LogP contribution in [-0.2, 0) is 21.2 Å². The van der Waals surface area contributed by atoms with E-state index in [-0.39, 0.29) is 23.4 Å². The summed E-state index contributed by atoms with van der Waals surface area (Å²) >= 11 is 0. The van der Waals surface area contributed by atoms with E-state index in [1.807, 2.05) is 0 Å². The molecule has 2 N–H and O–H groups in total. The number of hydrogen-bond donors (Lipinski definition) is 2. The van der Waals surface area contributed by atoms with Gasteiger partial charge in [0, 0.05) is 30.6 Å². The van der Waals surface area contributed by atoms with Gasteiger partial charge in [0.25, 0.3) is 11.5 Å². The van der Waals surface area contributed by atoms with Gasteiger partial charge < -0.3 is 9.30 Å². The van der Waals surface area contributed by atoms with Crippen LogP contribution >= 0.6 is 0 Å². The molecule has 170 valence electrons. The first-order valence-electron chi connectivity index (χ1n) is 8.64. The summed E-state index contributed by atoms with van der Waals surface area (Å²) < 4.78 is 79.8. The number of rotatable bonds is 8. The minimum absolute atomic E-state index is 0.0937. The Hall–Kier alpha value is -2.93. The highest BCUT2D eigenvalue weighted by Crippen LogP contribution is 2.25. The minimum Gasteiger partial charge on any atom is -0.484 e. The highest BCUT2D eigenvalue weighted by molar-refractivity contribution is 7.92. The summed E-state index contributed by atoms with van der Waals surface area (Å²) in [6, 6.07) is 5.87. The normalized spacial score (nSPS) is 13.0. The molecular formula is C18H18F4N2O6S. The van der Waals surface area contributed by atoms with E-state index in [1.165, 1.54) is 29.7 Å². The van der Waals surface area contributed by atoms with Gasteiger partial charge in [-0.05, 0) is 24.1 Å². The van der Waals surface area contributed by atoms with Gasteiger partial charge >= 0.3 is 6.18 Å². The van der Waals surface area contributed by atoms with Crippen LogP contribution in [-0.4, -0.2) is 48.4 Å². The molecule has 1 aromatic heterocycles. The average molecular weight is 466 g/mol. The Balaban J connectivity index is 2.20. The largest absolute Gasteiger partial charge is 0.484 e. The van der Waals surface area contributed by atoms with Crippen molar-refractivity contribution in [2.75, 3.05) is 12.9 Å². The lowest BCUT2D eigenvalue weighted by molar-refractivity contribution is -0.153. The second-order valence-corrected chi connectivity index (χ2v) is 8.81. The summed E-state index contributed by atoms with van der Waals surface area (Å²) in [5.74, 6) is -2.13. The quantitative estimate of drug-likeness (QED) is 0.349. The summed E-state index contributed by atoms with van der Waals surface area (Å²) in [6.45, 7) is -1.81. The third kappa shape index (κ3) is 6.79. The zero-order valence-electron chi connectivity index (χ0n) is 16.0. The lowest BCUT2D eigenvalue weighted by Crippen LogP contribution is -2.39. The van der Waals surface area contributed by atoms with Gasteiger partial charge in [-0.1, -0.05) is 12.1 Å². The molecule has 0 saturated heterocycles. The third-order valence-electron chi connectivity index (χ3n) is 4.20. The Labute approximate surface area is 173 Å². The topological polar surface area (TPSA) is 115 Å². The summed E-state index contributed by atoms with van der Waals surface area (Å²) in [6.07, 6.45) is -3.30. The van der Waals surface area contributed by atoms with Crippen molar-refractivity contribution in [3.63, 3.8) is 0 Å². The van der Waals surface area contributed by atoms with Gasteiger partial charge in [0.15, 0.2) is 16.4 Å². The van der Waals surface area contributed by atoms with Gasteiger partial charge in [0.1, 0.15) is 16.8 Å². The van der Waals surface area contributed by atoms with Crippen LogP contribution < -0.4 is 15.8 Å². The molecule has 1 atom stereocenters. The molecule has 1 amide bonds. The summed E-state index contributed by atoms with van der Waals surface area (Å²) in [5.41, 5.74) is 0.606. The lowest BCUT2D eigenvalue weighted by atomic mass is 10.1. The Kier molecular flexibility index (Phi) is 7.44. The first kappa shape index (κ1) is 24.3. The summed E-state index contributed by atoms with van der Waals surface area (Å²) in [7, 11) is -3.90. The first-order chi connectivity index (χ1) is 14.3. The van der Waals surface area contributed by atoms with E-state index in [1.54, 1.807) is 0 Å². The molecule has 8 nitrogen and oxygen atoms in total. The van der Waals surface area contributed by atoms with Crippen molar-refractivity contribution < 1.29 is 40.7 Å². The van der Waals surface area contributed by atoms with Crippen molar-refractivity contribution in [2.45, 2.75) is 24.4 Å². The molecule has 0 saturated carbocycles. The van der Waals surface area contributed by atoms with Crippen molar-refractivity contribution in [2.24, 2.45) is 0 Å². The van der Waals surface area contributed by atoms with Crippen LogP contribution in [0.4, 0.5) is 17.6 Å². The number of carbonyl (C=O) groups excluding carboxylic acids is 1. The van der Waals surface area contributed by atoms with E-state index < -0.39 is 51.6 Å². The van der Waals surface area contributed by atoms with Gasteiger partial charge in [-0.3, -0.25) is 14.8 Å². The molecule has 1 unspecified atom stereocenters. The molecule has 0 aliphatic carbocycles. The number of halogens is 4. The van der Waals surface area contributed by atoms with Crippen LogP contribution in [0.25, 0.3) is 11.1 Å². The van der Waals surface area contributed by atoms with Crippen molar-refractivity contribution in [1.82, 2.24) is 10.0 Å². The second kappa shape index (κ2) is 9.47. The zero-order chi connectivity index (χ0) is 23.4. The molecule has 1 aromatic carbocycles. The number of hydroxylamine groups is 1. The average Bonchev–Trinajstić information content (AvgIpc) is 2.67. The monoisotopic (exact) mass is 466 g/mol. The van der Waals surface area contributed by atoms with Crippen molar-refractivity contribution >= 4 is 15.7 Å². The lowest BCUT2D eigenvalue weighted by Gasteiger charge is -2.14. The van der Waals surface area contributed by atoms with E-state index in [4.69, 9.17) is 5.21 Å². The number of hydrogen-bond acceptors (Lipinski definition) is 6. The van der Waals surface area contributed by atoms with E-state index in [0.29, 0.717) is 0 Å². The van der Waals surface area contributed by atoms with E-state index in [0.717, 1.165) is 23.1 Å². The maximum atomic E-state index is 14.5. The number of carbonyl (C=O) groups is 1. The Morgan fingerprint density at radius 3 is 2.39 bits per heavy atom. The SMILES string of the molecule is CS(=O)(=O)C(CCn1cc(F)c(-c2ccc(OCC(F)(F)F)cc2)cc1=O)C(=O)NO. The fourth-order valence-electron chi connectivity index (χ4n) is 2.71. The summed E-state index contributed by atoms with van der Waals surface area (Å²) in [4.78, 5) is 23.8. The number of alkyl halides is 3. The molecule has 2 rings (SSSR count). The van der Waals surface area contributed by atoms with Crippen LogP contribution in [0.1, 0.15) is 6.42 Å². The molecule has 0 aliphatic rings. The van der Waals surface area contributed by atoms with Crippen LogP contribution in [0.5, 0.6) is 5.75 Å². The van der Waals surface area contributed by atoms with Gasteiger partial charge in [-0.2, -0.15) is 13.2 Å². The van der Waals surface area contributed by atoms with Gasteiger partial charge in [0.05, 0.1) is 0 Å². The Morgan fingerprint density at radius 2 is 1.87 bits per heavy atom. The highest BCUT2D eigenvalue weighted by atomic mass is 32.2. The number of pyridine rings is 1. The number of aryl methyl sites for hydroxylation is 1. The zero-order valence-corrected chi connectivity index (χ0v) is 16.8. The molecule has 0 bridgehead atoms. The fourth-order valence-corrected chi connectivity index (χ4v) is 3.68. The predicted molar refractivity (Wildman–Crippen MR) is 101 cm³/mol. The molecule has 0 radical (unpaired) electrons. The van der Waals surface area contributed by atoms with Crippen molar-refractivity contribution in [3.8, 4) is 16.9 Å². The van der Waals surface area contributed by atoms with Crippen molar-refractivity contribution in [3.05, 3.63) is 52.7 Å². The molecule has 2 aromatic rings. The standard InChI is InChI=1S/C18H18F4N2O6S/c1-31(28,29)15(17(26)23-27)6-7-24-9-14(19)13(8-16(24)25)11-2-4-12(5-3-11)30-10-18(20,21)22/h2-5,8-9,15,27H,6-7,10H2,1H3,(H,23,26).